The Kier molecular flexibility index (Phi) is 5.48. The Morgan fingerprint density at radius 1 is 1.40 bits per heavy atom. The number of halogens is 2. The predicted octanol–water partition coefficient (Wildman–Crippen LogP) is 2.02. The summed E-state index contributed by atoms with van der Waals surface area (Å²) >= 11 is 0. The van der Waals surface area contributed by atoms with Crippen molar-refractivity contribution in [1.29, 1.82) is 0 Å². The van der Waals surface area contributed by atoms with E-state index in [1.54, 1.807) is 6.07 Å². The second kappa shape index (κ2) is 7.39. The van der Waals surface area contributed by atoms with E-state index >= 15 is 0 Å². The molecule has 0 saturated carbocycles. The summed E-state index contributed by atoms with van der Waals surface area (Å²) < 4.78 is 26.2. The van der Waals surface area contributed by atoms with Crippen molar-refractivity contribution in [3.05, 3.63) is 41.6 Å². The molecule has 0 fully saturated rings. The van der Waals surface area contributed by atoms with Gasteiger partial charge in [-0.1, -0.05) is 12.1 Å². The number of rotatable bonds is 7. The zero-order chi connectivity index (χ0) is 18.6. The van der Waals surface area contributed by atoms with Crippen molar-refractivity contribution in [3.8, 4) is 0 Å². The molecule has 0 spiro atoms. The van der Waals surface area contributed by atoms with Gasteiger partial charge < -0.3 is 22.1 Å². The third-order valence-corrected chi connectivity index (χ3v) is 3.47. The highest BCUT2D eigenvalue weighted by Crippen LogP contribution is 2.21. The number of nitrogens with two attached hydrogens (primary N) is 2. The standard InChI is InChI=1S/C16H20F2N6O/c1-9-4-3-5-10(6-9)23-14-11(13(20)25)7-21-15(24-14)22-8-12(19)16(2,17)18/h3-7,12H,8,19H2,1-2H3,(H2,20,25)(H2,21,22,23,24). The number of hydrogen-bond acceptors (Lipinski definition) is 6. The van der Waals surface area contributed by atoms with Crippen molar-refractivity contribution in [2.45, 2.75) is 25.8 Å². The fourth-order valence-corrected chi connectivity index (χ4v) is 1.98. The number of carbonyl (C=O) groups excluding carboxylic acids is 1. The molecule has 7 nitrogen and oxygen atoms in total. The van der Waals surface area contributed by atoms with Crippen LogP contribution in [0.1, 0.15) is 22.8 Å². The third-order valence-electron chi connectivity index (χ3n) is 3.47. The van der Waals surface area contributed by atoms with E-state index in [1.807, 2.05) is 25.1 Å². The number of benzene rings is 1. The van der Waals surface area contributed by atoms with Crippen molar-refractivity contribution in [3.63, 3.8) is 0 Å². The van der Waals surface area contributed by atoms with Gasteiger partial charge in [-0.2, -0.15) is 4.98 Å². The monoisotopic (exact) mass is 350 g/mol. The Morgan fingerprint density at radius 2 is 2.12 bits per heavy atom. The van der Waals surface area contributed by atoms with Gasteiger partial charge in [-0.25, -0.2) is 13.8 Å². The van der Waals surface area contributed by atoms with Crippen LogP contribution in [0.15, 0.2) is 30.5 Å². The zero-order valence-electron chi connectivity index (χ0n) is 13.9. The van der Waals surface area contributed by atoms with Crippen LogP contribution in [0.5, 0.6) is 0 Å². The van der Waals surface area contributed by atoms with Crippen molar-refractivity contribution in [2.75, 3.05) is 17.2 Å². The Balaban J connectivity index is 2.23. The van der Waals surface area contributed by atoms with Crippen molar-refractivity contribution >= 4 is 23.4 Å². The smallest absolute Gasteiger partial charge is 0.261 e. The SMILES string of the molecule is Cc1cccc(Nc2nc(NCC(N)C(C)(F)F)ncc2C(N)=O)c1. The highest BCUT2D eigenvalue weighted by molar-refractivity contribution is 5.98. The average molecular weight is 350 g/mol. The summed E-state index contributed by atoms with van der Waals surface area (Å²) in [6.07, 6.45) is 1.23. The molecule has 0 radical (unpaired) electrons. The van der Waals surface area contributed by atoms with Crippen molar-refractivity contribution in [1.82, 2.24) is 9.97 Å². The lowest BCUT2D eigenvalue weighted by Crippen LogP contribution is -2.43. The maximum Gasteiger partial charge on any atom is 0.261 e. The van der Waals surface area contributed by atoms with E-state index in [0.29, 0.717) is 5.69 Å². The maximum atomic E-state index is 13.1. The second-order valence-electron chi connectivity index (χ2n) is 5.76. The van der Waals surface area contributed by atoms with E-state index in [4.69, 9.17) is 11.5 Å². The van der Waals surface area contributed by atoms with E-state index in [0.717, 1.165) is 12.5 Å². The molecule has 1 aromatic carbocycles. The first-order valence-corrected chi connectivity index (χ1v) is 7.54. The molecule has 0 saturated heterocycles. The number of nitrogens with zero attached hydrogens (tertiary/aromatic N) is 2. The van der Waals surface area contributed by atoms with Gasteiger partial charge in [0.1, 0.15) is 11.4 Å². The molecular formula is C16H20F2N6O. The van der Waals surface area contributed by atoms with Gasteiger partial charge >= 0.3 is 0 Å². The van der Waals surface area contributed by atoms with E-state index in [2.05, 4.69) is 20.6 Å². The molecule has 2 aromatic rings. The van der Waals surface area contributed by atoms with Gasteiger partial charge in [0.05, 0.1) is 6.04 Å². The van der Waals surface area contributed by atoms with Crippen LogP contribution in [0, 0.1) is 6.92 Å². The molecule has 134 valence electrons. The minimum Gasteiger partial charge on any atom is -0.365 e. The summed E-state index contributed by atoms with van der Waals surface area (Å²) in [6, 6.07) is 6.00. The number of hydrogen-bond donors (Lipinski definition) is 4. The van der Waals surface area contributed by atoms with E-state index in [1.165, 1.54) is 6.20 Å². The zero-order valence-corrected chi connectivity index (χ0v) is 13.9. The van der Waals surface area contributed by atoms with Gasteiger partial charge in [0.15, 0.2) is 0 Å². The highest BCUT2D eigenvalue weighted by atomic mass is 19.3. The first-order valence-electron chi connectivity index (χ1n) is 7.54. The fourth-order valence-electron chi connectivity index (χ4n) is 1.98. The van der Waals surface area contributed by atoms with E-state index < -0.39 is 17.9 Å². The molecule has 1 aromatic heterocycles. The Bertz CT molecular complexity index is 763. The molecule has 2 rings (SSSR count). The van der Waals surface area contributed by atoms with Crippen LogP contribution in [0.2, 0.25) is 0 Å². The average Bonchev–Trinajstić information content (AvgIpc) is 2.51. The molecule has 25 heavy (non-hydrogen) atoms. The molecule has 6 N–H and O–H groups in total. The number of aromatic nitrogens is 2. The summed E-state index contributed by atoms with van der Waals surface area (Å²) in [5, 5.41) is 5.62. The van der Waals surface area contributed by atoms with Crippen LogP contribution in [0.3, 0.4) is 0 Å². The van der Waals surface area contributed by atoms with Crippen molar-refractivity contribution < 1.29 is 13.6 Å². The number of carbonyl (C=O) groups is 1. The minimum absolute atomic E-state index is 0.0554. The van der Waals surface area contributed by atoms with Gasteiger partial charge in [0.25, 0.3) is 11.8 Å². The molecule has 1 atom stereocenters. The number of primary amides is 1. The van der Waals surface area contributed by atoms with E-state index in [-0.39, 0.29) is 23.9 Å². The molecule has 1 amide bonds. The summed E-state index contributed by atoms with van der Waals surface area (Å²) in [6.45, 7) is 2.42. The summed E-state index contributed by atoms with van der Waals surface area (Å²) in [7, 11) is 0. The van der Waals surface area contributed by atoms with Gasteiger partial charge in [-0.3, -0.25) is 4.79 Å². The maximum absolute atomic E-state index is 13.1. The number of amides is 1. The third kappa shape index (κ3) is 5.08. The topological polar surface area (TPSA) is 119 Å². The Labute approximate surface area is 143 Å². The van der Waals surface area contributed by atoms with Gasteiger partial charge in [-0.05, 0) is 24.6 Å². The predicted molar refractivity (Wildman–Crippen MR) is 92.1 cm³/mol. The van der Waals surface area contributed by atoms with Crippen LogP contribution in [-0.4, -0.2) is 34.4 Å². The van der Waals surface area contributed by atoms with Crippen LogP contribution in [0.4, 0.5) is 26.2 Å². The Hall–Kier alpha value is -2.81. The number of alkyl halides is 2. The minimum atomic E-state index is -3.04. The number of aryl methyl sites for hydroxylation is 1. The van der Waals surface area contributed by atoms with Crippen LogP contribution < -0.4 is 22.1 Å². The highest BCUT2D eigenvalue weighted by Gasteiger charge is 2.30. The summed E-state index contributed by atoms with van der Waals surface area (Å²) in [5.41, 5.74) is 12.5. The van der Waals surface area contributed by atoms with Crippen molar-refractivity contribution in [2.24, 2.45) is 11.5 Å². The van der Waals surface area contributed by atoms with Crippen LogP contribution in [0.25, 0.3) is 0 Å². The fraction of sp³-hybridized carbons (Fsp3) is 0.312. The molecule has 0 aliphatic heterocycles. The Morgan fingerprint density at radius 3 is 2.72 bits per heavy atom. The molecule has 0 aliphatic carbocycles. The van der Waals surface area contributed by atoms with E-state index in [9.17, 15) is 13.6 Å². The normalized spacial score (nSPS) is 12.5. The summed E-state index contributed by atoms with van der Waals surface area (Å²) in [4.78, 5) is 19.6. The quantitative estimate of drug-likeness (QED) is 0.607. The lowest BCUT2D eigenvalue weighted by atomic mass is 10.2. The first-order chi connectivity index (χ1) is 11.7. The largest absolute Gasteiger partial charge is 0.365 e. The lowest BCUT2D eigenvalue weighted by molar-refractivity contribution is -0.00122. The van der Waals surface area contributed by atoms with Crippen LogP contribution in [-0.2, 0) is 0 Å². The van der Waals surface area contributed by atoms with Gasteiger partial charge in [0, 0.05) is 25.4 Å². The molecular weight excluding hydrogens is 330 g/mol. The molecule has 9 heteroatoms. The van der Waals surface area contributed by atoms with Gasteiger partial charge in [0.2, 0.25) is 5.95 Å². The number of anilines is 3. The lowest BCUT2D eigenvalue weighted by Gasteiger charge is -2.19. The molecule has 0 aliphatic rings. The molecule has 1 heterocycles. The number of nitrogens with one attached hydrogen (secondary N) is 2. The van der Waals surface area contributed by atoms with Gasteiger partial charge in [-0.15, -0.1) is 0 Å². The summed E-state index contributed by atoms with van der Waals surface area (Å²) in [5.74, 6) is -3.52. The second-order valence-corrected chi connectivity index (χ2v) is 5.76. The first kappa shape index (κ1) is 18.5. The molecule has 0 bridgehead atoms. The van der Waals surface area contributed by atoms with Crippen LogP contribution >= 0.6 is 0 Å². The molecule has 1 unspecified atom stereocenters.